The number of H-pyrrole nitrogens is 1. The van der Waals surface area contributed by atoms with Gasteiger partial charge in [-0.3, -0.25) is 4.79 Å². The topological polar surface area (TPSA) is 57.8 Å². The van der Waals surface area contributed by atoms with Crippen LogP contribution >= 0.6 is 11.8 Å². The lowest BCUT2D eigenvalue weighted by molar-refractivity contribution is 0.557. The van der Waals surface area contributed by atoms with Crippen molar-refractivity contribution in [2.24, 2.45) is 0 Å². The van der Waals surface area contributed by atoms with Crippen molar-refractivity contribution in [2.75, 3.05) is 6.54 Å². The van der Waals surface area contributed by atoms with Crippen molar-refractivity contribution in [1.82, 2.24) is 15.3 Å². The number of aromatic amines is 1. The van der Waals surface area contributed by atoms with Gasteiger partial charge in [-0.15, -0.1) is 0 Å². The fourth-order valence-corrected chi connectivity index (χ4v) is 2.88. The van der Waals surface area contributed by atoms with Gasteiger partial charge in [0, 0.05) is 18.3 Å². The maximum Gasteiger partial charge on any atom is 0.251 e. The fourth-order valence-electron chi connectivity index (χ4n) is 1.89. The molecule has 20 heavy (non-hydrogen) atoms. The van der Waals surface area contributed by atoms with Crippen LogP contribution in [0.1, 0.15) is 25.5 Å². The number of hydrogen-bond donors (Lipinski definition) is 2. The smallest absolute Gasteiger partial charge is 0.251 e. The summed E-state index contributed by atoms with van der Waals surface area (Å²) in [6.07, 6.45) is 1.41. The van der Waals surface area contributed by atoms with Crippen LogP contribution < -0.4 is 10.9 Å². The Labute approximate surface area is 120 Å². The summed E-state index contributed by atoms with van der Waals surface area (Å²) < 4.78 is 14.1. The highest BCUT2D eigenvalue weighted by atomic mass is 32.2. The number of nitrogens with one attached hydrogen (secondary N) is 2. The lowest BCUT2D eigenvalue weighted by Crippen LogP contribution is -2.18. The third kappa shape index (κ3) is 3.46. The standard InChI is InChI=1S/C14H16FN3OS/c1-3-16-9(2)10-5-4-6-11(15)13(10)20-14-17-8-7-12(19)18-14/h4-9,16H,3H2,1-2H3,(H,17,18,19). The first-order valence-electron chi connectivity index (χ1n) is 6.36. The van der Waals surface area contributed by atoms with E-state index >= 15 is 0 Å². The Kier molecular flexibility index (Phi) is 4.92. The normalized spacial score (nSPS) is 12.3. The van der Waals surface area contributed by atoms with Crippen molar-refractivity contribution in [3.8, 4) is 0 Å². The monoisotopic (exact) mass is 293 g/mol. The molecule has 0 fully saturated rings. The summed E-state index contributed by atoms with van der Waals surface area (Å²) in [6, 6.07) is 6.32. The zero-order chi connectivity index (χ0) is 14.5. The summed E-state index contributed by atoms with van der Waals surface area (Å²) in [4.78, 5) is 18.4. The molecule has 0 aliphatic rings. The van der Waals surface area contributed by atoms with Crippen LogP contribution in [0.25, 0.3) is 0 Å². The second-order valence-electron chi connectivity index (χ2n) is 4.28. The lowest BCUT2D eigenvalue weighted by atomic mass is 10.1. The van der Waals surface area contributed by atoms with E-state index in [1.54, 1.807) is 6.07 Å². The molecule has 1 aromatic heterocycles. The van der Waals surface area contributed by atoms with Crippen LogP contribution in [0.5, 0.6) is 0 Å². The second-order valence-corrected chi connectivity index (χ2v) is 5.28. The maximum atomic E-state index is 14.1. The van der Waals surface area contributed by atoms with Gasteiger partial charge in [-0.25, -0.2) is 9.37 Å². The minimum Gasteiger partial charge on any atom is -0.310 e. The van der Waals surface area contributed by atoms with Gasteiger partial charge in [0.05, 0.1) is 4.90 Å². The van der Waals surface area contributed by atoms with Crippen LogP contribution in [0.15, 0.2) is 45.3 Å². The molecule has 1 aromatic carbocycles. The van der Waals surface area contributed by atoms with Gasteiger partial charge in [0.2, 0.25) is 0 Å². The lowest BCUT2D eigenvalue weighted by Gasteiger charge is -2.17. The third-order valence-corrected chi connectivity index (χ3v) is 3.86. The average Bonchev–Trinajstić information content (AvgIpc) is 2.41. The van der Waals surface area contributed by atoms with E-state index in [9.17, 15) is 9.18 Å². The summed E-state index contributed by atoms with van der Waals surface area (Å²) >= 11 is 1.13. The van der Waals surface area contributed by atoms with Gasteiger partial charge in [-0.2, -0.15) is 0 Å². The Hall–Kier alpha value is -1.66. The zero-order valence-electron chi connectivity index (χ0n) is 11.3. The van der Waals surface area contributed by atoms with E-state index < -0.39 is 0 Å². The molecule has 2 rings (SSSR count). The van der Waals surface area contributed by atoms with Crippen molar-refractivity contribution in [3.05, 3.63) is 52.2 Å². The average molecular weight is 293 g/mol. The first-order valence-corrected chi connectivity index (χ1v) is 7.18. The van der Waals surface area contributed by atoms with Gasteiger partial charge in [0.1, 0.15) is 5.82 Å². The maximum absolute atomic E-state index is 14.1. The third-order valence-electron chi connectivity index (χ3n) is 2.82. The SMILES string of the molecule is CCNC(C)c1cccc(F)c1Sc1nccc(=O)[nH]1. The minimum atomic E-state index is -0.316. The van der Waals surface area contributed by atoms with E-state index in [0.717, 1.165) is 23.9 Å². The number of rotatable bonds is 5. The molecular formula is C14H16FN3OS. The molecule has 4 nitrogen and oxygen atoms in total. The molecule has 1 unspecified atom stereocenters. The number of hydrogen-bond acceptors (Lipinski definition) is 4. The molecule has 2 aromatic rings. The molecule has 0 aliphatic carbocycles. The van der Waals surface area contributed by atoms with Crippen molar-refractivity contribution >= 4 is 11.8 Å². The molecule has 106 valence electrons. The van der Waals surface area contributed by atoms with Gasteiger partial charge >= 0.3 is 0 Å². The molecular weight excluding hydrogens is 277 g/mol. The van der Waals surface area contributed by atoms with Crippen LogP contribution in [-0.4, -0.2) is 16.5 Å². The summed E-state index contributed by atoms with van der Waals surface area (Å²) in [6.45, 7) is 4.77. The number of halogens is 1. The summed E-state index contributed by atoms with van der Waals surface area (Å²) in [5, 5.41) is 3.64. The molecule has 0 aliphatic heterocycles. The van der Waals surface area contributed by atoms with Crippen LogP contribution in [0.4, 0.5) is 4.39 Å². The zero-order valence-corrected chi connectivity index (χ0v) is 12.1. The molecule has 1 atom stereocenters. The van der Waals surface area contributed by atoms with Crippen LogP contribution in [-0.2, 0) is 0 Å². The summed E-state index contributed by atoms with van der Waals surface area (Å²) in [5.41, 5.74) is 0.600. The van der Waals surface area contributed by atoms with E-state index in [2.05, 4.69) is 15.3 Å². The van der Waals surface area contributed by atoms with Crippen molar-refractivity contribution in [1.29, 1.82) is 0 Å². The highest BCUT2D eigenvalue weighted by molar-refractivity contribution is 7.99. The highest BCUT2D eigenvalue weighted by Gasteiger charge is 2.15. The number of nitrogens with zero attached hydrogens (tertiary/aromatic N) is 1. The fraction of sp³-hybridized carbons (Fsp3) is 0.286. The van der Waals surface area contributed by atoms with Gasteiger partial charge in [0.25, 0.3) is 5.56 Å². The highest BCUT2D eigenvalue weighted by Crippen LogP contribution is 2.33. The Balaban J connectivity index is 2.37. The number of benzene rings is 1. The molecule has 0 saturated carbocycles. The molecule has 0 spiro atoms. The van der Waals surface area contributed by atoms with Gasteiger partial charge < -0.3 is 10.3 Å². The van der Waals surface area contributed by atoms with Gasteiger partial charge in [-0.1, -0.05) is 19.1 Å². The van der Waals surface area contributed by atoms with Gasteiger partial charge in [-0.05, 0) is 36.9 Å². The summed E-state index contributed by atoms with van der Waals surface area (Å²) in [7, 11) is 0. The van der Waals surface area contributed by atoms with E-state index in [1.165, 1.54) is 18.3 Å². The Bertz CT molecular complexity index is 644. The van der Waals surface area contributed by atoms with E-state index in [-0.39, 0.29) is 17.4 Å². The van der Waals surface area contributed by atoms with Crippen molar-refractivity contribution < 1.29 is 4.39 Å². The minimum absolute atomic E-state index is 0.0219. The van der Waals surface area contributed by atoms with E-state index in [4.69, 9.17) is 0 Å². The van der Waals surface area contributed by atoms with Crippen molar-refractivity contribution in [3.63, 3.8) is 0 Å². The van der Waals surface area contributed by atoms with Gasteiger partial charge in [0.15, 0.2) is 5.16 Å². The van der Waals surface area contributed by atoms with Crippen LogP contribution in [0.3, 0.4) is 0 Å². The predicted octanol–water partition coefficient (Wildman–Crippen LogP) is 2.73. The number of aromatic nitrogens is 2. The first-order chi connectivity index (χ1) is 9.61. The molecule has 0 saturated heterocycles. The predicted molar refractivity (Wildman–Crippen MR) is 77.5 cm³/mol. The Morgan fingerprint density at radius 3 is 2.95 bits per heavy atom. The van der Waals surface area contributed by atoms with E-state index in [1.807, 2.05) is 19.9 Å². The quantitative estimate of drug-likeness (QED) is 0.832. The molecule has 0 radical (unpaired) electrons. The van der Waals surface area contributed by atoms with Crippen LogP contribution in [0.2, 0.25) is 0 Å². The molecule has 1 heterocycles. The Morgan fingerprint density at radius 1 is 1.45 bits per heavy atom. The van der Waals surface area contributed by atoms with E-state index in [0.29, 0.717) is 10.1 Å². The van der Waals surface area contributed by atoms with Crippen molar-refractivity contribution in [2.45, 2.75) is 29.9 Å². The molecule has 0 bridgehead atoms. The largest absolute Gasteiger partial charge is 0.310 e. The summed E-state index contributed by atoms with van der Waals surface area (Å²) in [5.74, 6) is -0.316. The first kappa shape index (κ1) is 14.7. The Morgan fingerprint density at radius 2 is 2.25 bits per heavy atom. The molecule has 0 amide bonds. The van der Waals surface area contributed by atoms with Crippen LogP contribution in [0, 0.1) is 5.82 Å². The molecule has 6 heteroatoms. The second kappa shape index (κ2) is 6.67. The molecule has 2 N–H and O–H groups in total.